The smallest absolute Gasteiger partial charge is 0.158 e. The Balaban J connectivity index is 1.91. The number of rotatable bonds is 1. The summed E-state index contributed by atoms with van der Waals surface area (Å²) in [5, 5.41) is 0. The van der Waals surface area contributed by atoms with Crippen LogP contribution in [-0.4, -0.2) is 5.78 Å². The topological polar surface area (TPSA) is 17.1 Å². The van der Waals surface area contributed by atoms with E-state index in [4.69, 9.17) is 0 Å². The van der Waals surface area contributed by atoms with E-state index < -0.39 is 0 Å². The summed E-state index contributed by atoms with van der Waals surface area (Å²) in [7, 11) is 0. The predicted molar refractivity (Wildman–Crippen MR) is 58.1 cm³/mol. The van der Waals surface area contributed by atoms with Crippen molar-refractivity contribution in [2.75, 3.05) is 0 Å². The van der Waals surface area contributed by atoms with Gasteiger partial charge < -0.3 is 0 Å². The Morgan fingerprint density at radius 3 is 2.36 bits per heavy atom. The van der Waals surface area contributed by atoms with Crippen molar-refractivity contribution in [2.24, 2.45) is 11.8 Å². The van der Waals surface area contributed by atoms with Crippen LogP contribution in [0.1, 0.15) is 51.4 Å². The minimum Gasteiger partial charge on any atom is -0.295 e. The number of hydrogen-bond donors (Lipinski definition) is 0. The van der Waals surface area contributed by atoms with Gasteiger partial charge in [-0.25, -0.2) is 0 Å². The zero-order valence-corrected chi connectivity index (χ0v) is 8.93. The molecule has 0 aliphatic heterocycles. The highest BCUT2D eigenvalue weighted by Crippen LogP contribution is 2.38. The van der Waals surface area contributed by atoms with Crippen LogP contribution < -0.4 is 0 Å². The van der Waals surface area contributed by atoms with E-state index in [1.165, 1.54) is 32.1 Å². The van der Waals surface area contributed by atoms with Crippen molar-refractivity contribution in [2.45, 2.75) is 51.4 Å². The summed E-state index contributed by atoms with van der Waals surface area (Å²) in [6.07, 6.45) is 9.90. The number of carbonyl (C=O) groups is 1. The summed E-state index contributed by atoms with van der Waals surface area (Å²) in [4.78, 5) is 11.3. The summed E-state index contributed by atoms with van der Waals surface area (Å²) in [5.41, 5.74) is 0.895. The number of hydrogen-bond acceptors (Lipinski definition) is 1. The molecule has 1 heteroatoms. The van der Waals surface area contributed by atoms with Crippen molar-refractivity contribution in [1.29, 1.82) is 0 Å². The van der Waals surface area contributed by atoms with Gasteiger partial charge in [-0.15, -0.1) is 0 Å². The van der Waals surface area contributed by atoms with Gasteiger partial charge in [0.15, 0.2) is 5.78 Å². The number of carbonyl (C=O) groups excluding carboxylic acids is 1. The summed E-state index contributed by atoms with van der Waals surface area (Å²) in [6, 6.07) is 0. The molecule has 2 saturated carbocycles. The van der Waals surface area contributed by atoms with E-state index in [0.29, 0.717) is 5.78 Å². The molecule has 2 aliphatic rings. The van der Waals surface area contributed by atoms with Crippen LogP contribution in [0.4, 0.5) is 0 Å². The second kappa shape index (κ2) is 4.29. The van der Waals surface area contributed by atoms with Gasteiger partial charge in [-0.1, -0.05) is 38.7 Å². The molecule has 0 radical (unpaired) electrons. The third kappa shape index (κ3) is 2.08. The molecule has 0 heterocycles. The Labute approximate surface area is 86.6 Å². The Morgan fingerprint density at radius 2 is 1.71 bits per heavy atom. The summed E-state index contributed by atoms with van der Waals surface area (Å²) in [6.45, 7) is 3.89. The number of allylic oxidation sites excluding steroid dienone is 1. The summed E-state index contributed by atoms with van der Waals surface area (Å²) < 4.78 is 0. The van der Waals surface area contributed by atoms with Gasteiger partial charge in [-0.2, -0.15) is 0 Å². The van der Waals surface area contributed by atoms with Crippen LogP contribution in [0.2, 0.25) is 0 Å². The number of ketones is 1. The van der Waals surface area contributed by atoms with E-state index in [0.717, 1.165) is 36.7 Å². The highest BCUT2D eigenvalue weighted by Gasteiger charge is 2.29. The zero-order valence-electron chi connectivity index (χ0n) is 8.93. The molecular weight excluding hydrogens is 172 g/mol. The monoisotopic (exact) mass is 192 g/mol. The van der Waals surface area contributed by atoms with Gasteiger partial charge >= 0.3 is 0 Å². The molecule has 1 atom stereocenters. The van der Waals surface area contributed by atoms with Crippen LogP contribution >= 0.6 is 0 Å². The first-order valence-electron chi connectivity index (χ1n) is 5.98. The molecule has 14 heavy (non-hydrogen) atoms. The number of Topliss-reactive ketones (excluding diaryl/α,β-unsaturated/α-hetero) is 1. The van der Waals surface area contributed by atoms with E-state index in [-0.39, 0.29) is 0 Å². The molecule has 0 saturated heterocycles. The average Bonchev–Trinajstić information content (AvgIpc) is 2.23. The molecule has 0 N–H and O–H groups in total. The van der Waals surface area contributed by atoms with Gasteiger partial charge in [-0.3, -0.25) is 4.79 Å². The molecule has 2 aliphatic carbocycles. The third-order valence-electron chi connectivity index (χ3n) is 3.96. The molecule has 0 aromatic heterocycles. The average molecular weight is 192 g/mol. The Kier molecular flexibility index (Phi) is 3.05. The Hall–Kier alpha value is -0.590. The maximum atomic E-state index is 11.3. The van der Waals surface area contributed by atoms with Crippen LogP contribution in [0.3, 0.4) is 0 Å². The second-order valence-corrected chi connectivity index (χ2v) is 4.93. The van der Waals surface area contributed by atoms with E-state index >= 15 is 0 Å². The molecule has 78 valence electrons. The molecule has 0 aromatic carbocycles. The van der Waals surface area contributed by atoms with Gasteiger partial charge in [0.05, 0.1) is 0 Å². The van der Waals surface area contributed by atoms with E-state index in [9.17, 15) is 4.79 Å². The van der Waals surface area contributed by atoms with Gasteiger partial charge in [0.1, 0.15) is 0 Å². The lowest BCUT2D eigenvalue weighted by Gasteiger charge is -2.33. The van der Waals surface area contributed by atoms with E-state index in [1.54, 1.807) is 0 Å². The van der Waals surface area contributed by atoms with Gasteiger partial charge in [0.2, 0.25) is 0 Å². The minimum atomic E-state index is 0.317. The van der Waals surface area contributed by atoms with Crippen LogP contribution in [0.25, 0.3) is 0 Å². The third-order valence-corrected chi connectivity index (χ3v) is 3.96. The van der Waals surface area contributed by atoms with Crippen molar-refractivity contribution in [3.05, 3.63) is 12.2 Å². The predicted octanol–water partition coefficient (Wildman–Crippen LogP) is 3.49. The van der Waals surface area contributed by atoms with Crippen molar-refractivity contribution < 1.29 is 4.79 Å². The zero-order chi connectivity index (χ0) is 9.97. The van der Waals surface area contributed by atoms with Crippen molar-refractivity contribution >= 4 is 5.78 Å². The van der Waals surface area contributed by atoms with Crippen LogP contribution in [0.5, 0.6) is 0 Å². The fourth-order valence-electron chi connectivity index (χ4n) is 3.03. The first kappa shape index (κ1) is 9.95. The summed E-state index contributed by atoms with van der Waals surface area (Å²) >= 11 is 0. The normalized spacial score (nSPS) is 30.7. The second-order valence-electron chi connectivity index (χ2n) is 4.93. The lowest BCUT2D eigenvalue weighted by molar-refractivity contribution is -0.117. The van der Waals surface area contributed by atoms with Crippen LogP contribution in [0, 0.1) is 11.8 Å². The molecular formula is C13H20O. The van der Waals surface area contributed by atoms with E-state index in [1.807, 2.05) is 0 Å². The maximum absolute atomic E-state index is 11.3. The van der Waals surface area contributed by atoms with Crippen molar-refractivity contribution in [3.8, 4) is 0 Å². The Bertz CT molecular complexity index is 236. The largest absolute Gasteiger partial charge is 0.295 e. The van der Waals surface area contributed by atoms with Gasteiger partial charge in [0.25, 0.3) is 0 Å². The SMILES string of the molecule is C=C1CC(C2CCCCC2)CCC1=O. The molecule has 0 spiro atoms. The lowest BCUT2D eigenvalue weighted by Crippen LogP contribution is -2.24. The van der Waals surface area contributed by atoms with Crippen molar-refractivity contribution in [3.63, 3.8) is 0 Å². The van der Waals surface area contributed by atoms with Gasteiger partial charge in [0, 0.05) is 6.42 Å². The molecule has 0 amide bonds. The fraction of sp³-hybridized carbons (Fsp3) is 0.769. The van der Waals surface area contributed by atoms with Crippen molar-refractivity contribution in [1.82, 2.24) is 0 Å². The standard InChI is InChI=1S/C13H20O/c1-10-9-12(7-8-13(10)14)11-5-3-2-4-6-11/h11-12H,1-9H2. The van der Waals surface area contributed by atoms with Crippen LogP contribution in [0.15, 0.2) is 12.2 Å². The molecule has 1 nitrogen and oxygen atoms in total. The first-order chi connectivity index (χ1) is 6.77. The van der Waals surface area contributed by atoms with E-state index in [2.05, 4.69) is 6.58 Å². The molecule has 2 fully saturated rings. The fourth-order valence-corrected chi connectivity index (χ4v) is 3.03. The first-order valence-corrected chi connectivity index (χ1v) is 5.98. The molecule has 0 bridgehead atoms. The highest BCUT2D eigenvalue weighted by molar-refractivity contribution is 5.95. The molecule has 1 unspecified atom stereocenters. The lowest BCUT2D eigenvalue weighted by atomic mass is 9.72. The Morgan fingerprint density at radius 1 is 1.00 bits per heavy atom. The van der Waals surface area contributed by atoms with Gasteiger partial charge in [-0.05, 0) is 30.3 Å². The maximum Gasteiger partial charge on any atom is 0.158 e. The molecule has 0 aromatic rings. The quantitative estimate of drug-likeness (QED) is 0.581. The minimum absolute atomic E-state index is 0.317. The summed E-state index contributed by atoms with van der Waals surface area (Å²) in [5.74, 6) is 1.99. The van der Waals surface area contributed by atoms with Crippen LogP contribution in [-0.2, 0) is 4.79 Å². The highest BCUT2D eigenvalue weighted by atomic mass is 16.1. The molecule has 2 rings (SSSR count).